The molecule has 1 aromatic heterocycles. The van der Waals surface area contributed by atoms with Gasteiger partial charge in [0.05, 0.1) is 0 Å². The first-order valence-corrected chi connectivity index (χ1v) is 10.1. The van der Waals surface area contributed by atoms with Crippen molar-refractivity contribution in [2.75, 3.05) is 31.1 Å². The number of likely N-dealkylation sites (tertiary alicyclic amines) is 1. The number of benzene rings is 1. The van der Waals surface area contributed by atoms with Gasteiger partial charge in [-0.15, -0.1) is 11.3 Å². The van der Waals surface area contributed by atoms with Crippen molar-refractivity contribution in [2.45, 2.75) is 45.1 Å². The van der Waals surface area contributed by atoms with Crippen molar-refractivity contribution < 1.29 is 0 Å². The van der Waals surface area contributed by atoms with E-state index in [0.29, 0.717) is 5.92 Å². The third kappa shape index (κ3) is 3.65. The van der Waals surface area contributed by atoms with Crippen LogP contribution in [-0.4, -0.2) is 36.1 Å². The van der Waals surface area contributed by atoms with Crippen molar-refractivity contribution in [2.24, 2.45) is 0 Å². The minimum atomic E-state index is 0.685. The molecule has 2 aromatic rings. The first kappa shape index (κ1) is 16.1. The van der Waals surface area contributed by atoms with Crippen LogP contribution in [0.1, 0.15) is 47.6 Å². The maximum atomic E-state index is 4.67. The smallest absolute Gasteiger partial charge is 0.185 e. The van der Waals surface area contributed by atoms with E-state index >= 15 is 0 Å². The van der Waals surface area contributed by atoms with Crippen molar-refractivity contribution in [3.63, 3.8) is 0 Å². The van der Waals surface area contributed by atoms with Gasteiger partial charge in [-0.2, -0.15) is 0 Å². The first-order chi connectivity index (χ1) is 11.8. The average molecular weight is 342 g/mol. The number of rotatable bonds is 4. The second-order valence-electron chi connectivity index (χ2n) is 7.29. The molecule has 0 bridgehead atoms. The van der Waals surface area contributed by atoms with Crippen LogP contribution < -0.4 is 4.90 Å². The van der Waals surface area contributed by atoms with Crippen molar-refractivity contribution >= 4 is 16.5 Å². The van der Waals surface area contributed by atoms with Gasteiger partial charge in [0.25, 0.3) is 0 Å². The van der Waals surface area contributed by atoms with Gasteiger partial charge in [-0.05, 0) is 50.6 Å². The molecule has 0 amide bonds. The van der Waals surface area contributed by atoms with Crippen molar-refractivity contribution in [1.82, 2.24) is 9.88 Å². The summed E-state index contributed by atoms with van der Waals surface area (Å²) in [6.07, 6.45) is 7.37. The summed E-state index contributed by atoms with van der Waals surface area (Å²) in [5.41, 5.74) is 2.89. The van der Waals surface area contributed by atoms with E-state index in [1.54, 1.807) is 0 Å². The van der Waals surface area contributed by atoms with Crippen LogP contribution in [-0.2, 0) is 6.54 Å². The van der Waals surface area contributed by atoms with Gasteiger partial charge in [-0.1, -0.05) is 29.8 Å². The predicted molar refractivity (Wildman–Crippen MR) is 102 cm³/mol. The Labute approximate surface area is 149 Å². The lowest BCUT2D eigenvalue weighted by molar-refractivity contribution is 0.201. The minimum Gasteiger partial charge on any atom is -0.348 e. The highest BCUT2D eigenvalue weighted by Gasteiger charge is 2.22. The maximum Gasteiger partial charge on any atom is 0.185 e. The summed E-state index contributed by atoms with van der Waals surface area (Å²) >= 11 is 1.90. The van der Waals surface area contributed by atoms with Gasteiger partial charge in [0.1, 0.15) is 0 Å². The summed E-state index contributed by atoms with van der Waals surface area (Å²) in [7, 11) is 0. The lowest BCUT2D eigenvalue weighted by Gasteiger charge is -2.32. The molecule has 0 spiro atoms. The summed E-state index contributed by atoms with van der Waals surface area (Å²) in [6, 6.07) is 9.07. The number of hydrogen-bond acceptors (Lipinski definition) is 4. The number of aromatic nitrogens is 1. The highest BCUT2D eigenvalue weighted by atomic mass is 32.1. The molecule has 128 valence electrons. The molecule has 2 fully saturated rings. The van der Waals surface area contributed by atoms with Gasteiger partial charge in [0.15, 0.2) is 5.13 Å². The van der Waals surface area contributed by atoms with Crippen molar-refractivity contribution in [1.29, 1.82) is 0 Å². The third-order valence-electron chi connectivity index (χ3n) is 5.32. The molecule has 24 heavy (non-hydrogen) atoms. The Bertz CT molecular complexity index is 675. The summed E-state index contributed by atoms with van der Waals surface area (Å²) in [5.74, 6) is 0.685. The summed E-state index contributed by atoms with van der Waals surface area (Å²) in [4.78, 5) is 11.2. The zero-order valence-electron chi connectivity index (χ0n) is 14.6. The second-order valence-corrected chi connectivity index (χ2v) is 8.39. The molecule has 2 aliphatic rings. The number of piperidine rings is 1. The Balaban J connectivity index is 1.39. The topological polar surface area (TPSA) is 19.4 Å². The molecule has 0 aliphatic carbocycles. The molecule has 0 N–H and O–H groups in total. The summed E-state index contributed by atoms with van der Waals surface area (Å²) < 4.78 is 0. The van der Waals surface area contributed by atoms with Crippen LogP contribution in [0, 0.1) is 6.92 Å². The number of nitrogens with zero attached hydrogens (tertiary/aromatic N) is 3. The Morgan fingerprint density at radius 1 is 1.17 bits per heavy atom. The Kier molecular flexibility index (Phi) is 4.86. The lowest BCUT2D eigenvalue weighted by Crippen LogP contribution is -2.33. The Hall–Kier alpha value is -1.39. The van der Waals surface area contributed by atoms with Crippen molar-refractivity contribution in [3.05, 3.63) is 46.5 Å². The zero-order chi connectivity index (χ0) is 16.4. The molecule has 0 unspecified atom stereocenters. The van der Waals surface area contributed by atoms with Gasteiger partial charge >= 0.3 is 0 Å². The van der Waals surface area contributed by atoms with Crippen LogP contribution in [0.4, 0.5) is 5.13 Å². The monoisotopic (exact) mass is 341 g/mol. The van der Waals surface area contributed by atoms with E-state index in [1.807, 2.05) is 11.3 Å². The molecule has 1 aromatic carbocycles. The van der Waals surface area contributed by atoms with E-state index in [0.717, 1.165) is 6.54 Å². The predicted octanol–water partition coefficient (Wildman–Crippen LogP) is 4.43. The highest BCUT2D eigenvalue weighted by molar-refractivity contribution is 7.15. The largest absolute Gasteiger partial charge is 0.348 e. The SMILES string of the molecule is Cc1cccc([C@@H]2CCCN(Cc3cnc(N4CCCC4)s3)C2)c1. The van der Waals surface area contributed by atoms with E-state index < -0.39 is 0 Å². The molecule has 4 heteroatoms. The number of anilines is 1. The second kappa shape index (κ2) is 7.24. The van der Waals surface area contributed by atoms with Crippen molar-refractivity contribution in [3.8, 4) is 0 Å². The van der Waals surface area contributed by atoms with Gasteiger partial charge in [-0.3, -0.25) is 4.90 Å². The molecule has 0 saturated carbocycles. The number of thiazole rings is 1. The van der Waals surface area contributed by atoms with Crippen LogP contribution in [0.5, 0.6) is 0 Å². The molecule has 2 saturated heterocycles. The summed E-state index contributed by atoms with van der Waals surface area (Å²) in [5, 5.41) is 1.23. The van der Waals surface area contributed by atoms with Crippen LogP contribution in [0.25, 0.3) is 0 Å². The highest BCUT2D eigenvalue weighted by Crippen LogP contribution is 2.31. The Morgan fingerprint density at radius 2 is 2.04 bits per heavy atom. The molecule has 3 heterocycles. The number of aryl methyl sites for hydroxylation is 1. The maximum absolute atomic E-state index is 4.67. The van der Waals surface area contributed by atoms with Crippen LogP contribution in [0.2, 0.25) is 0 Å². The minimum absolute atomic E-state index is 0.685. The summed E-state index contributed by atoms with van der Waals surface area (Å²) in [6.45, 7) is 8.03. The fourth-order valence-corrected chi connectivity index (χ4v) is 5.04. The zero-order valence-corrected chi connectivity index (χ0v) is 15.4. The van der Waals surface area contributed by atoms with E-state index in [4.69, 9.17) is 0 Å². The molecular formula is C20H27N3S. The van der Waals surface area contributed by atoms with Crippen LogP contribution >= 0.6 is 11.3 Å². The lowest BCUT2D eigenvalue weighted by atomic mass is 9.90. The van der Waals surface area contributed by atoms with E-state index in [9.17, 15) is 0 Å². The average Bonchev–Trinajstić information content (AvgIpc) is 3.26. The molecule has 4 rings (SSSR count). The standard InChI is InChI=1S/C20H27N3S/c1-16-6-4-7-17(12-16)18-8-5-9-22(14-18)15-19-13-21-20(24-19)23-10-2-3-11-23/h4,6-7,12-13,18H,2-3,5,8-11,14-15H2,1H3/t18-/m1/s1. The molecule has 3 nitrogen and oxygen atoms in total. The fourth-order valence-electron chi connectivity index (χ4n) is 4.04. The molecule has 0 radical (unpaired) electrons. The quantitative estimate of drug-likeness (QED) is 0.820. The van der Waals surface area contributed by atoms with E-state index in [-0.39, 0.29) is 0 Å². The molecular weight excluding hydrogens is 314 g/mol. The first-order valence-electron chi connectivity index (χ1n) is 9.26. The van der Waals surface area contributed by atoms with E-state index in [2.05, 4.69) is 52.2 Å². The van der Waals surface area contributed by atoms with Gasteiger partial charge < -0.3 is 4.90 Å². The molecule has 2 aliphatic heterocycles. The molecule has 1 atom stereocenters. The fraction of sp³-hybridized carbons (Fsp3) is 0.550. The van der Waals surface area contributed by atoms with Gasteiger partial charge in [0.2, 0.25) is 0 Å². The number of hydrogen-bond donors (Lipinski definition) is 0. The third-order valence-corrected chi connectivity index (χ3v) is 6.36. The normalized spacial score (nSPS) is 22.2. The van der Waals surface area contributed by atoms with Gasteiger partial charge in [0, 0.05) is 37.3 Å². The van der Waals surface area contributed by atoms with Gasteiger partial charge in [-0.25, -0.2) is 4.98 Å². The van der Waals surface area contributed by atoms with Crippen LogP contribution in [0.15, 0.2) is 30.5 Å². The van der Waals surface area contributed by atoms with Crippen LogP contribution in [0.3, 0.4) is 0 Å². The van der Waals surface area contributed by atoms with E-state index in [1.165, 1.54) is 73.0 Å². The Morgan fingerprint density at radius 3 is 2.88 bits per heavy atom.